The van der Waals surface area contributed by atoms with E-state index in [1.807, 2.05) is 61.4 Å². The Hall–Kier alpha value is -2.75. The number of rotatable bonds is 6. The van der Waals surface area contributed by atoms with Gasteiger partial charge in [-0.25, -0.2) is 4.98 Å². The highest BCUT2D eigenvalue weighted by atomic mass is 32.2. The van der Waals surface area contributed by atoms with Crippen molar-refractivity contribution in [1.82, 2.24) is 14.5 Å². The van der Waals surface area contributed by atoms with Gasteiger partial charge in [-0.05, 0) is 55.7 Å². The molecule has 0 saturated heterocycles. The summed E-state index contributed by atoms with van der Waals surface area (Å²) in [7, 11) is 0. The Morgan fingerprint density at radius 1 is 1.29 bits per heavy atom. The van der Waals surface area contributed by atoms with E-state index in [0.29, 0.717) is 11.9 Å². The summed E-state index contributed by atoms with van der Waals surface area (Å²) >= 11 is 1.82. The van der Waals surface area contributed by atoms with Crippen molar-refractivity contribution in [3.63, 3.8) is 0 Å². The predicted octanol–water partition coefficient (Wildman–Crippen LogP) is 3.75. The van der Waals surface area contributed by atoms with Crippen LogP contribution in [0.15, 0.2) is 54.1 Å². The number of ether oxygens (including phenoxy) is 1. The maximum absolute atomic E-state index is 8.85. The Balaban J connectivity index is 1.55. The zero-order valence-corrected chi connectivity index (χ0v) is 16.4. The first-order chi connectivity index (χ1) is 13.7. The van der Waals surface area contributed by atoms with Crippen LogP contribution >= 0.6 is 11.8 Å². The second-order valence-electron chi connectivity index (χ2n) is 6.62. The van der Waals surface area contributed by atoms with Crippen LogP contribution in [0.4, 0.5) is 0 Å². The number of pyridine rings is 1. The van der Waals surface area contributed by atoms with Gasteiger partial charge in [0.15, 0.2) is 5.16 Å². The zero-order valence-electron chi connectivity index (χ0n) is 15.6. The molecular formula is C22H21N3O2S. The summed E-state index contributed by atoms with van der Waals surface area (Å²) in [5, 5.41) is 10.5. The van der Waals surface area contributed by atoms with Gasteiger partial charge in [-0.15, -0.1) is 0 Å². The van der Waals surface area contributed by atoms with Gasteiger partial charge in [0.2, 0.25) is 0 Å². The molecule has 1 N–H and O–H groups in total. The van der Waals surface area contributed by atoms with E-state index in [0.717, 1.165) is 33.4 Å². The molecule has 0 atom stereocenters. The van der Waals surface area contributed by atoms with Crippen molar-refractivity contribution in [3.05, 3.63) is 65.7 Å². The first-order valence-electron chi connectivity index (χ1n) is 9.21. The number of hydrogen-bond acceptors (Lipinski definition) is 5. The number of hydrogen-bond donors (Lipinski definition) is 1. The van der Waals surface area contributed by atoms with E-state index >= 15 is 0 Å². The van der Waals surface area contributed by atoms with E-state index in [2.05, 4.69) is 26.4 Å². The Morgan fingerprint density at radius 2 is 2.18 bits per heavy atom. The SMILES string of the molecule is Cc1cc(OCc2cnc(SC3CC3)n2-c2cccnc2)ccc1C#CCO. The Bertz CT molecular complexity index is 1020. The average Bonchev–Trinajstić information content (AvgIpc) is 3.44. The highest BCUT2D eigenvalue weighted by Gasteiger charge is 2.26. The minimum absolute atomic E-state index is 0.142. The summed E-state index contributed by atoms with van der Waals surface area (Å²) in [5.41, 5.74) is 3.89. The zero-order chi connectivity index (χ0) is 19.3. The van der Waals surface area contributed by atoms with Crippen LogP contribution in [0.2, 0.25) is 0 Å². The van der Waals surface area contributed by atoms with Gasteiger partial charge in [-0.1, -0.05) is 23.6 Å². The molecule has 1 aliphatic rings. The minimum Gasteiger partial charge on any atom is -0.487 e. The largest absolute Gasteiger partial charge is 0.487 e. The molecule has 3 aromatic rings. The van der Waals surface area contributed by atoms with Crippen molar-refractivity contribution in [2.24, 2.45) is 0 Å². The molecule has 0 unspecified atom stereocenters. The fourth-order valence-electron chi connectivity index (χ4n) is 2.81. The van der Waals surface area contributed by atoms with Crippen LogP contribution in [0.5, 0.6) is 5.75 Å². The van der Waals surface area contributed by atoms with Gasteiger partial charge < -0.3 is 9.84 Å². The molecule has 142 valence electrons. The molecule has 28 heavy (non-hydrogen) atoms. The topological polar surface area (TPSA) is 60.2 Å². The van der Waals surface area contributed by atoms with Crippen LogP contribution in [0, 0.1) is 18.8 Å². The quantitative estimate of drug-likeness (QED) is 0.649. The average molecular weight is 391 g/mol. The first kappa shape index (κ1) is 18.6. The summed E-state index contributed by atoms with van der Waals surface area (Å²) < 4.78 is 8.17. The number of aliphatic hydroxyl groups excluding tert-OH is 1. The molecule has 0 bridgehead atoms. The molecule has 5 nitrogen and oxygen atoms in total. The number of aryl methyl sites for hydroxylation is 1. The van der Waals surface area contributed by atoms with Gasteiger partial charge in [0.05, 0.1) is 23.8 Å². The van der Waals surface area contributed by atoms with E-state index in [1.165, 1.54) is 12.8 Å². The van der Waals surface area contributed by atoms with E-state index in [1.54, 1.807) is 6.20 Å². The monoisotopic (exact) mass is 391 g/mol. The van der Waals surface area contributed by atoms with Crippen LogP contribution in [-0.4, -0.2) is 31.5 Å². The highest BCUT2D eigenvalue weighted by molar-refractivity contribution is 8.00. The van der Waals surface area contributed by atoms with Crippen LogP contribution in [0.1, 0.15) is 29.7 Å². The van der Waals surface area contributed by atoms with Crippen LogP contribution in [0.3, 0.4) is 0 Å². The third kappa shape index (κ3) is 4.38. The predicted molar refractivity (Wildman–Crippen MR) is 110 cm³/mol. The Morgan fingerprint density at radius 3 is 2.89 bits per heavy atom. The number of benzene rings is 1. The Labute approximate surface area is 168 Å². The van der Waals surface area contributed by atoms with Crippen LogP contribution in [-0.2, 0) is 6.61 Å². The van der Waals surface area contributed by atoms with Gasteiger partial charge in [-0.2, -0.15) is 0 Å². The minimum atomic E-state index is -0.142. The summed E-state index contributed by atoms with van der Waals surface area (Å²) in [5.74, 6) is 6.40. The molecule has 1 aromatic carbocycles. The number of aromatic nitrogens is 3. The highest BCUT2D eigenvalue weighted by Crippen LogP contribution is 2.39. The van der Waals surface area contributed by atoms with E-state index in [-0.39, 0.29) is 6.61 Å². The fourth-order valence-corrected chi connectivity index (χ4v) is 3.92. The molecule has 6 heteroatoms. The van der Waals surface area contributed by atoms with Crippen molar-refractivity contribution in [2.75, 3.05) is 6.61 Å². The standard InChI is InChI=1S/C22H21N3O2S/c1-16-12-20(7-6-17(16)4-3-11-26)27-15-19-14-24-22(28-21-8-9-21)25(19)18-5-2-10-23-13-18/h2,5-7,10,12-14,21,26H,8-9,11,15H2,1H3. The maximum atomic E-state index is 8.85. The molecule has 1 aliphatic carbocycles. The third-order valence-corrected chi connectivity index (χ3v) is 5.69. The van der Waals surface area contributed by atoms with Gasteiger partial charge in [-0.3, -0.25) is 9.55 Å². The molecule has 0 aliphatic heterocycles. The van der Waals surface area contributed by atoms with E-state index in [4.69, 9.17) is 9.84 Å². The van der Waals surface area contributed by atoms with Gasteiger partial charge >= 0.3 is 0 Å². The van der Waals surface area contributed by atoms with E-state index < -0.39 is 0 Å². The molecular weight excluding hydrogens is 370 g/mol. The van der Waals surface area contributed by atoms with Crippen molar-refractivity contribution >= 4 is 11.8 Å². The summed E-state index contributed by atoms with van der Waals surface area (Å²) in [4.78, 5) is 8.88. The summed E-state index contributed by atoms with van der Waals surface area (Å²) in [6.45, 7) is 2.25. The lowest BCUT2D eigenvalue weighted by atomic mass is 10.1. The van der Waals surface area contributed by atoms with Gasteiger partial charge in [0.1, 0.15) is 19.0 Å². The molecule has 4 rings (SSSR count). The van der Waals surface area contributed by atoms with Crippen LogP contribution in [0.25, 0.3) is 5.69 Å². The Kier molecular flexibility index (Phi) is 5.65. The van der Waals surface area contributed by atoms with Gasteiger partial charge in [0, 0.05) is 17.0 Å². The summed E-state index contributed by atoms with van der Waals surface area (Å²) in [6, 6.07) is 9.75. The number of imidazole rings is 1. The number of thioether (sulfide) groups is 1. The molecule has 0 radical (unpaired) electrons. The summed E-state index contributed by atoms with van der Waals surface area (Å²) in [6.07, 6.45) is 8.00. The number of nitrogens with zero attached hydrogens (tertiary/aromatic N) is 3. The van der Waals surface area contributed by atoms with Crippen molar-refractivity contribution < 1.29 is 9.84 Å². The lowest BCUT2D eigenvalue weighted by Crippen LogP contribution is -2.06. The normalized spacial score (nSPS) is 13.1. The third-order valence-electron chi connectivity index (χ3n) is 4.39. The molecule has 1 saturated carbocycles. The van der Waals surface area contributed by atoms with Crippen LogP contribution < -0.4 is 4.74 Å². The van der Waals surface area contributed by atoms with E-state index in [9.17, 15) is 0 Å². The van der Waals surface area contributed by atoms with Gasteiger partial charge in [0.25, 0.3) is 0 Å². The number of aliphatic hydroxyl groups is 1. The second kappa shape index (κ2) is 8.51. The smallest absolute Gasteiger partial charge is 0.173 e. The lowest BCUT2D eigenvalue weighted by Gasteiger charge is -2.13. The molecule has 2 aromatic heterocycles. The first-order valence-corrected chi connectivity index (χ1v) is 10.1. The lowest BCUT2D eigenvalue weighted by molar-refractivity contribution is 0.298. The fraction of sp³-hybridized carbons (Fsp3) is 0.273. The molecule has 0 spiro atoms. The van der Waals surface area contributed by atoms with Crippen molar-refractivity contribution in [1.29, 1.82) is 0 Å². The molecule has 1 fully saturated rings. The molecule has 0 amide bonds. The van der Waals surface area contributed by atoms with Crippen molar-refractivity contribution in [2.45, 2.75) is 36.8 Å². The van der Waals surface area contributed by atoms with Crippen molar-refractivity contribution in [3.8, 4) is 23.3 Å². The maximum Gasteiger partial charge on any atom is 0.173 e. The molecule has 2 heterocycles. The second-order valence-corrected chi connectivity index (χ2v) is 7.89.